The summed E-state index contributed by atoms with van der Waals surface area (Å²) >= 11 is 0. The second-order valence-corrected chi connectivity index (χ2v) is 3.46. The molecular formula is C13H19NO3. The molecular weight excluding hydrogens is 218 g/mol. The van der Waals surface area contributed by atoms with E-state index in [-0.39, 0.29) is 0 Å². The summed E-state index contributed by atoms with van der Waals surface area (Å²) < 4.78 is 10.7. The fraction of sp³-hybridized carbons (Fsp3) is 0.462. The predicted octanol–water partition coefficient (Wildman–Crippen LogP) is 2.78. The number of ether oxygens (including phenoxy) is 2. The summed E-state index contributed by atoms with van der Waals surface area (Å²) in [7, 11) is 0. The minimum absolute atomic E-state index is 0.497. The molecule has 1 rings (SSSR count). The molecule has 1 aromatic rings. The van der Waals surface area contributed by atoms with E-state index < -0.39 is 5.97 Å². The SMILES string of the molecule is CCOC(C)(OCC)ON=Cc1ccccc1. The smallest absolute Gasteiger partial charge is 0.332 e. The van der Waals surface area contributed by atoms with Crippen LogP contribution in [0.3, 0.4) is 0 Å². The third kappa shape index (κ3) is 4.97. The fourth-order valence-electron chi connectivity index (χ4n) is 1.34. The van der Waals surface area contributed by atoms with Crippen LogP contribution in [0.4, 0.5) is 0 Å². The molecule has 0 fully saturated rings. The lowest BCUT2D eigenvalue weighted by atomic mass is 10.2. The maximum atomic E-state index is 5.35. The first kappa shape index (κ1) is 13.7. The van der Waals surface area contributed by atoms with Gasteiger partial charge in [0, 0.05) is 6.92 Å². The molecule has 0 saturated carbocycles. The van der Waals surface area contributed by atoms with E-state index >= 15 is 0 Å². The molecule has 4 heteroatoms. The van der Waals surface area contributed by atoms with Gasteiger partial charge in [-0.1, -0.05) is 35.5 Å². The minimum Gasteiger partial charge on any atom is -0.332 e. The fourth-order valence-corrected chi connectivity index (χ4v) is 1.34. The van der Waals surface area contributed by atoms with Crippen molar-refractivity contribution >= 4 is 6.21 Å². The second kappa shape index (κ2) is 7.04. The van der Waals surface area contributed by atoms with Gasteiger partial charge in [-0.15, -0.1) is 0 Å². The quantitative estimate of drug-likeness (QED) is 0.416. The van der Waals surface area contributed by atoms with Gasteiger partial charge in [-0.25, -0.2) is 0 Å². The Morgan fingerprint density at radius 2 is 1.71 bits per heavy atom. The van der Waals surface area contributed by atoms with Crippen molar-refractivity contribution in [1.82, 2.24) is 0 Å². The monoisotopic (exact) mass is 237 g/mol. The van der Waals surface area contributed by atoms with Gasteiger partial charge in [0.05, 0.1) is 19.4 Å². The van der Waals surface area contributed by atoms with Crippen molar-refractivity contribution < 1.29 is 14.3 Å². The highest BCUT2D eigenvalue weighted by Gasteiger charge is 2.27. The van der Waals surface area contributed by atoms with E-state index in [2.05, 4.69) is 5.16 Å². The normalized spacial score (nSPS) is 11.9. The van der Waals surface area contributed by atoms with E-state index in [9.17, 15) is 0 Å². The van der Waals surface area contributed by atoms with Gasteiger partial charge in [0.1, 0.15) is 0 Å². The Balaban J connectivity index is 2.54. The third-order valence-corrected chi connectivity index (χ3v) is 2.03. The van der Waals surface area contributed by atoms with Gasteiger partial charge in [-0.3, -0.25) is 0 Å². The molecule has 4 nitrogen and oxygen atoms in total. The second-order valence-electron chi connectivity index (χ2n) is 3.46. The van der Waals surface area contributed by atoms with Crippen LogP contribution in [0.15, 0.2) is 35.5 Å². The van der Waals surface area contributed by atoms with Gasteiger partial charge < -0.3 is 14.3 Å². The molecule has 0 aromatic heterocycles. The van der Waals surface area contributed by atoms with Crippen molar-refractivity contribution in [2.75, 3.05) is 13.2 Å². The Morgan fingerprint density at radius 3 is 2.24 bits per heavy atom. The molecule has 0 unspecified atom stereocenters. The van der Waals surface area contributed by atoms with E-state index in [1.54, 1.807) is 13.1 Å². The first-order valence-corrected chi connectivity index (χ1v) is 5.74. The maximum Gasteiger partial charge on any atom is 0.347 e. The summed E-state index contributed by atoms with van der Waals surface area (Å²) in [5, 5.41) is 3.88. The highest BCUT2D eigenvalue weighted by atomic mass is 16.9. The molecule has 0 amide bonds. The molecule has 0 spiro atoms. The molecule has 0 saturated heterocycles. The van der Waals surface area contributed by atoms with Crippen molar-refractivity contribution in [3.05, 3.63) is 35.9 Å². The zero-order chi connectivity index (χ0) is 12.6. The standard InChI is InChI=1S/C13H19NO3/c1-4-15-13(3,16-5-2)17-14-11-12-9-7-6-8-10-12/h6-11H,4-5H2,1-3H3. The van der Waals surface area contributed by atoms with Gasteiger partial charge in [-0.05, 0) is 19.4 Å². The number of oxime groups is 1. The van der Waals surface area contributed by atoms with Crippen LogP contribution >= 0.6 is 0 Å². The molecule has 1 aromatic carbocycles. The molecule has 0 heterocycles. The Labute approximate surface area is 102 Å². The van der Waals surface area contributed by atoms with E-state index in [0.717, 1.165) is 5.56 Å². The summed E-state index contributed by atoms with van der Waals surface area (Å²) in [5.74, 6) is -1.12. The lowest BCUT2D eigenvalue weighted by molar-refractivity contribution is -0.368. The van der Waals surface area contributed by atoms with Crippen LogP contribution in [0.1, 0.15) is 26.3 Å². The topological polar surface area (TPSA) is 40.0 Å². The molecule has 0 aliphatic heterocycles. The molecule has 0 aliphatic rings. The van der Waals surface area contributed by atoms with Gasteiger partial charge in [0.25, 0.3) is 0 Å². The van der Waals surface area contributed by atoms with E-state index in [1.165, 1.54) is 0 Å². The number of hydrogen-bond donors (Lipinski definition) is 0. The van der Waals surface area contributed by atoms with E-state index in [4.69, 9.17) is 14.3 Å². The Morgan fingerprint density at radius 1 is 1.12 bits per heavy atom. The van der Waals surface area contributed by atoms with Crippen molar-refractivity contribution in [3.63, 3.8) is 0 Å². The van der Waals surface area contributed by atoms with Gasteiger partial charge in [-0.2, -0.15) is 0 Å². The zero-order valence-electron chi connectivity index (χ0n) is 10.6. The Bertz CT molecular complexity index is 332. The molecule has 17 heavy (non-hydrogen) atoms. The Kier molecular flexibility index (Phi) is 5.66. The summed E-state index contributed by atoms with van der Waals surface area (Å²) in [5.41, 5.74) is 0.961. The molecule has 94 valence electrons. The highest BCUT2D eigenvalue weighted by molar-refractivity contribution is 5.78. The largest absolute Gasteiger partial charge is 0.347 e. The van der Waals surface area contributed by atoms with Crippen molar-refractivity contribution in [1.29, 1.82) is 0 Å². The van der Waals surface area contributed by atoms with Crippen LogP contribution in [-0.2, 0) is 14.3 Å². The van der Waals surface area contributed by atoms with Crippen LogP contribution < -0.4 is 0 Å². The maximum absolute atomic E-state index is 5.35. The summed E-state index contributed by atoms with van der Waals surface area (Å²) in [6.07, 6.45) is 1.62. The summed E-state index contributed by atoms with van der Waals surface area (Å²) in [6, 6.07) is 9.69. The summed E-state index contributed by atoms with van der Waals surface area (Å²) in [4.78, 5) is 5.24. The summed E-state index contributed by atoms with van der Waals surface area (Å²) in [6.45, 7) is 6.44. The molecule has 0 aliphatic carbocycles. The molecule has 0 bridgehead atoms. The number of rotatable bonds is 7. The lowest BCUT2D eigenvalue weighted by Crippen LogP contribution is -2.34. The predicted molar refractivity (Wildman–Crippen MR) is 66.8 cm³/mol. The third-order valence-electron chi connectivity index (χ3n) is 2.03. The zero-order valence-corrected chi connectivity index (χ0v) is 10.6. The minimum atomic E-state index is -1.12. The van der Waals surface area contributed by atoms with E-state index in [1.807, 2.05) is 44.2 Å². The van der Waals surface area contributed by atoms with Gasteiger partial charge in [0.15, 0.2) is 0 Å². The first-order chi connectivity index (χ1) is 8.20. The number of benzene rings is 1. The van der Waals surface area contributed by atoms with E-state index in [0.29, 0.717) is 13.2 Å². The van der Waals surface area contributed by atoms with Crippen molar-refractivity contribution in [2.45, 2.75) is 26.7 Å². The van der Waals surface area contributed by atoms with Crippen LogP contribution in [0.2, 0.25) is 0 Å². The van der Waals surface area contributed by atoms with Crippen LogP contribution in [0.25, 0.3) is 0 Å². The van der Waals surface area contributed by atoms with Gasteiger partial charge >= 0.3 is 5.97 Å². The number of nitrogens with zero attached hydrogens (tertiary/aromatic N) is 1. The highest BCUT2D eigenvalue weighted by Crippen LogP contribution is 2.14. The van der Waals surface area contributed by atoms with Crippen LogP contribution in [0, 0.1) is 0 Å². The Hall–Kier alpha value is -1.39. The number of hydrogen-bond acceptors (Lipinski definition) is 4. The van der Waals surface area contributed by atoms with Crippen molar-refractivity contribution in [3.8, 4) is 0 Å². The first-order valence-electron chi connectivity index (χ1n) is 5.74. The average molecular weight is 237 g/mol. The van der Waals surface area contributed by atoms with Crippen LogP contribution in [0.5, 0.6) is 0 Å². The van der Waals surface area contributed by atoms with Crippen molar-refractivity contribution in [2.24, 2.45) is 5.16 Å². The van der Waals surface area contributed by atoms with Crippen LogP contribution in [-0.4, -0.2) is 25.4 Å². The van der Waals surface area contributed by atoms with Gasteiger partial charge in [0.2, 0.25) is 0 Å². The average Bonchev–Trinajstić information content (AvgIpc) is 2.31. The molecule has 0 radical (unpaired) electrons. The molecule has 0 atom stereocenters. The lowest BCUT2D eigenvalue weighted by Gasteiger charge is -2.25. The molecule has 0 N–H and O–H groups in total.